The number of piperazine rings is 1. The molecule has 31 heavy (non-hydrogen) atoms. The summed E-state index contributed by atoms with van der Waals surface area (Å²) in [6.07, 6.45) is 3.14. The van der Waals surface area contributed by atoms with Crippen LogP contribution in [0.1, 0.15) is 19.3 Å². The van der Waals surface area contributed by atoms with Crippen molar-refractivity contribution in [3.8, 4) is 5.75 Å². The van der Waals surface area contributed by atoms with Crippen molar-refractivity contribution in [3.05, 3.63) is 36.9 Å². The molecular formula is C22H34FN5O3. The molecule has 172 valence electrons. The van der Waals surface area contributed by atoms with Crippen molar-refractivity contribution in [3.63, 3.8) is 0 Å². The van der Waals surface area contributed by atoms with Crippen LogP contribution in [0.15, 0.2) is 36.9 Å². The lowest BCUT2D eigenvalue weighted by molar-refractivity contribution is -0.122. The number of carbonyl (C=O) groups is 2. The topological polar surface area (TPSA) is 82.3 Å². The number of likely N-dealkylation sites (N-methyl/N-ethyl adjacent to an activating group) is 1. The fourth-order valence-corrected chi connectivity index (χ4v) is 3.43. The number of ether oxygens (including phenoxy) is 1. The number of nitrogens with zero attached hydrogens (tertiary/aromatic N) is 4. The van der Waals surface area contributed by atoms with Gasteiger partial charge in [-0.05, 0) is 37.6 Å². The van der Waals surface area contributed by atoms with Crippen LogP contribution < -0.4 is 15.5 Å². The molecule has 0 radical (unpaired) electrons. The highest BCUT2D eigenvalue weighted by Gasteiger charge is 2.21. The Kier molecular flexibility index (Phi) is 10.3. The standard InChI is InChI=1S/C22H34FN5O3/c1-3-21(29)25(2)22(30)28(24)13-7-6-12-26-14-16-27(17-15-26)19-9-4-5-10-20(19)31-18-8-11-23/h3-5,9-10H,1,6-8,11-18,24H2,2H3. The number of rotatable bonds is 11. The summed E-state index contributed by atoms with van der Waals surface area (Å²) in [6.45, 7) is 8.32. The molecule has 0 spiro atoms. The van der Waals surface area contributed by atoms with Gasteiger partial charge in [-0.1, -0.05) is 18.7 Å². The largest absolute Gasteiger partial charge is 0.491 e. The first-order valence-corrected chi connectivity index (χ1v) is 10.7. The molecule has 0 aromatic heterocycles. The van der Waals surface area contributed by atoms with Gasteiger partial charge >= 0.3 is 6.03 Å². The lowest BCUT2D eigenvalue weighted by Gasteiger charge is -2.36. The zero-order chi connectivity index (χ0) is 22.6. The fraction of sp³-hybridized carbons (Fsp3) is 0.545. The number of imide groups is 1. The predicted molar refractivity (Wildman–Crippen MR) is 120 cm³/mol. The van der Waals surface area contributed by atoms with Crippen LogP contribution in [0.3, 0.4) is 0 Å². The molecule has 1 heterocycles. The van der Waals surface area contributed by atoms with Crippen molar-refractivity contribution in [2.75, 3.05) is 64.5 Å². The molecule has 1 aliphatic heterocycles. The summed E-state index contributed by atoms with van der Waals surface area (Å²) in [5.41, 5.74) is 1.05. The van der Waals surface area contributed by atoms with Gasteiger partial charge in [0.1, 0.15) is 5.75 Å². The maximum absolute atomic E-state index is 12.3. The van der Waals surface area contributed by atoms with Crippen molar-refractivity contribution < 1.29 is 18.7 Å². The number of hydrogen-bond acceptors (Lipinski definition) is 6. The molecule has 0 saturated carbocycles. The number of unbranched alkanes of at least 4 members (excludes halogenated alkanes) is 1. The lowest BCUT2D eigenvalue weighted by atomic mass is 10.2. The highest BCUT2D eigenvalue weighted by Crippen LogP contribution is 2.29. The van der Waals surface area contributed by atoms with Crippen molar-refractivity contribution in [1.82, 2.24) is 14.8 Å². The van der Waals surface area contributed by atoms with Crippen LogP contribution in [0.5, 0.6) is 5.75 Å². The normalized spacial score (nSPS) is 14.2. The number of hydrazine groups is 1. The number of nitrogens with two attached hydrogens (primary N) is 1. The van der Waals surface area contributed by atoms with E-state index in [0.29, 0.717) is 19.6 Å². The van der Waals surface area contributed by atoms with Crippen LogP contribution in [0.4, 0.5) is 14.9 Å². The highest BCUT2D eigenvalue weighted by atomic mass is 19.1. The highest BCUT2D eigenvalue weighted by molar-refractivity contribution is 5.99. The lowest BCUT2D eigenvalue weighted by Crippen LogP contribution is -2.48. The quantitative estimate of drug-likeness (QED) is 0.189. The molecule has 1 aromatic rings. The van der Waals surface area contributed by atoms with Gasteiger partial charge in [-0.25, -0.2) is 10.6 Å². The number of amides is 3. The molecule has 0 atom stereocenters. The van der Waals surface area contributed by atoms with E-state index in [1.54, 1.807) is 0 Å². The molecule has 2 rings (SSSR count). The van der Waals surface area contributed by atoms with Crippen molar-refractivity contribution in [2.24, 2.45) is 5.84 Å². The van der Waals surface area contributed by atoms with E-state index in [9.17, 15) is 14.0 Å². The summed E-state index contributed by atoms with van der Waals surface area (Å²) in [4.78, 5) is 29.2. The summed E-state index contributed by atoms with van der Waals surface area (Å²) in [5, 5.41) is 1.07. The van der Waals surface area contributed by atoms with Crippen molar-refractivity contribution in [2.45, 2.75) is 19.3 Å². The Morgan fingerprint density at radius 1 is 1.19 bits per heavy atom. The van der Waals surface area contributed by atoms with E-state index in [1.807, 2.05) is 24.3 Å². The second-order valence-corrected chi connectivity index (χ2v) is 7.47. The number of hydrogen-bond donors (Lipinski definition) is 1. The number of benzene rings is 1. The van der Waals surface area contributed by atoms with Crippen LogP contribution in [0.25, 0.3) is 0 Å². The molecule has 1 saturated heterocycles. The van der Waals surface area contributed by atoms with E-state index in [0.717, 1.165) is 73.0 Å². The maximum atomic E-state index is 12.3. The molecule has 0 aliphatic carbocycles. The van der Waals surface area contributed by atoms with Gasteiger partial charge in [-0.2, -0.15) is 0 Å². The van der Waals surface area contributed by atoms with Gasteiger partial charge in [0.2, 0.25) is 0 Å². The zero-order valence-electron chi connectivity index (χ0n) is 18.3. The number of alkyl halides is 1. The van der Waals surface area contributed by atoms with E-state index in [-0.39, 0.29) is 6.67 Å². The molecule has 1 fully saturated rings. The molecule has 0 unspecified atom stereocenters. The molecule has 9 heteroatoms. The zero-order valence-corrected chi connectivity index (χ0v) is 18.3. The second kappa shape index (κ2) is 12.9. The molecule has 1 aromatic carbocycles. The Labute approximate surface area is 184 Å². The predicted octanol–water partition coefficient (Wildman–Crippen LogP) is 2.27. The van der Waals surface area contributed by atoms with E-state index in [2.05, 4.69) is 16.4 Å². The number of urea groups is 1. The average Bonchev–Trinajstić information content (AvgIpc) is 2.81. The fourth-order valence-electron chi connectivity index (χ4n) is 3.43. The second-order valence-electron chi connectivity index (χ2n) is 7.47. The summed E-state index contributed by atoms with van der Waals surface area (Å²) >= 11 is 0. The number of para-hydroxylation sites is 2. The summed E-state index contributed by atoms with van der Waals surface area (Å²) in [6, 6.07) is 7.36. The first kappa shape index (κ1) is 24.6. The Hall–Kier alpha value is -2.65. The van der Waals surface area contributed by atoms with Gasteiger partial charge < -0.3 is 9.64 Å². The maximum Gasteiger partial charge on any atom is 0.340 e. The molecule has 8 nitrogen and oxygen atoms in total. The molecule has 3 amide bonds. The Bertz CT molecular complexity index is 725. The minimum atomic E-state index is -0.536. The van der Waals surface area contributed by atoms with Crippen LogP contribution in [-0.4, -0.2) is 86.3 Å². The number of carbonyl (C=O) groups excluding carboxylic acids is 2. The van der Waals surface area contributed by atoms with E-state index < -0.39 is 11.9 Å². The van der Waals surface area contributed by atoms with Crippen LogP contribution in [0.2, 0.25) is 0 Å². The minimum absolute atomic E-state index is 0.374. The first-order valence-electron chi connectivity index (χ1n) is 10.7. The van der Waals surface area contributed by atoms with Gasteiger partial charge in [0.15, 0.2) is 0 Å². The first-order chi connectivity index (χ1) is 15.0. The smallest absolute Gasteiger partial charge is 0.340 e. The molecule has 0 bridgehead atoms. The van der Waals surface area contributed by atoms with E-state index >= 15 is 0 Å². The number of halogens is 1. The third-order valence-electron chi connectivity index (χ3n) is 5.27. The minimum Gasteiger partial charge on any atom is -0.491 e. The Morgan fingerprint density at radius 3 is 2.58 bits per heavy atom. The summed E-state index contributed by atoms with van der Waals surface area (Å²) in [5.74, 6) is 6.10. The van der Waals surface area contributed by atoms with Crippen molar-refractivity contribution >= 4 is 17.6 Å². The Morgan fingerprint density at radius 2 is 1.90 bits per heavy atom. The SMILES string of the molecule is C=CC(=O)N(C)C(=O)N(N)CCCCN1CCN(c2ccccc2OCCCF)CC1. The van der Waals surface area contributed by atoms with Gasteiger partial charge in [0.05, 0.1) is 19.0 Å². The summed E-state index contributed by atoms with van der Waals surface area (Å²) in [7, 11) is 1.38. The monoisotopic (exact) mass is 435 g/mol. The summed E-state index contributed by atoms with van der Waals surface area (Å²) < 4.78 is 18.1. The van der Waals surface area contributed by atoms with Gasteiger partial charge in [0.25, 0.3) is 5.91 Å². The van der Waals surface area contributed by atoms with Gasteiger partial charge in [0, 0.05) is 46.2 Å². The van der Waals surface area contributed by atoms with Gasteiger partial charge in [-0.15, -0.1) is 0 Å². The third kappa shape index (κ3) is 7.52. The van der Waals surface area contributed by atoms with Crippen molar-refractivity contribution in [1.29, 1.82) is 0 Å². The average molecular weight is 436 g/mol. The van der Waals surface area contributed by atoms with Crippen LogP contribution in [0, 0.1) is 0 Å². The van der Waals surface area contributed by atoms with Crippen LogP contribution >= 0.6 is 0 Å². The Balaban J connectivity index is 1.70. The third-order valence-corrected chi connectivity index (χ3v) is 5.27. The van der Waals surface area contributed by atoms with E-state index in [1.165, 1.54) is 7.05 Å². The number of anilines is 1. The molecule has 1 aliphatic rings. The van der Waals surface area contributed by atoms with Gasteiger partial charge in [-0.3, -0.25) is 24.0 Å². The van der Waals surface area contributed by atoms with E-state index in [4.69, 9.17) is 10.6 Å². The molecular weight excluding hydrogens is 401 g/mol. The molecule has 2 N–H and O–H groups in total. The van der Waals surface area contributed by atoms with Crippen LogP contribution in [-0.2, 0) is 4.79 Å².